The van der Waals surface area contributed by atoms with Gasteiger partial charge in [-0.2, -0.15) is 0 Å². The lowest BCUT2D eigenvalue weighted by Crippen LogP contribution is -2.22. The number of rotatable bonds is 9. The lowest BCUT2D eigenvalue weighted by atomic mass is 10.0. The van der Waals surface area contributed by atoms with E-state index in [1.165, 1.54) is 32.4 Å². The monoisotopic (exact) mass is 487 g/mol. The number of carbonyl (C=O) groups is 3. The van der Waals surface area contributed by atoms with Gasteiger partial charge in [0.15, 0.2) is 18.1 Å². The molecule has 3 aromatic rings. The third-order valence-electron chi connectivity index (χ3n) is 4.65. The number of anilines is 1. The highest BCUT2D eigenvalue weighted by Gasteiger charge is 2.24. The number of thiophene rings is 1. The van der Waals surface area contributed by atoms with E-state index in [-0.39, 0.29) is 22.7 Å². The number of amides is 1. The van der Waals surface area contributed by atoms with Gasteiger partial charge in [0.1, 0.15) is 16.4 Å². The Bertz CT molecular complexity index is 1210. The van der Waals surface area contributed by atoms with Crippen LogP contribution in [0.15, 0.2) is 47.8 Å². The lowest BCUT2D eigenvalue weighted by molar-refractivity contribution is -0.119. The second-order valence-corrected chi connectivity index (χ2v) is 7.63. The van der Waals surface area contributed by atoms with Gasteiger partial charge in [0.25, 0.3) is 5.91 Å². The van der Waals surface area contributed by atoms with E-state index in [0.29, 0.717) is 22.6 Å². The zero-order valence-corrected chi connectivity index (χ0v) is 19.5. The normalized spacial score (nSPS) is 10.4. The Hall–Kier alpha value is -3.92. The summed E-state index contributed by atoms with van der Waals surface area (Å²) in [4.78, 5) is 37.2. The van der Waals surface area contributed by atoms with E-state index in [9.17, 15) is 18.8 Å². The fraction of sp³-hybridized carbons (Fsp3) is 0.208. The molecule has 0 fully saturated rings. The number of methoxy groups -OCH3 is 2. The minimum absolute atomic E-state index is 0.133. The Morgan fingerprint density at radius 1 is 0.971 bits per heavy atom. The summed E-state index contributed by atoms with van der Waals surface area (Å²) in [6.07, 6.45) is 0. The SMILES string of the molecule is CCOC(=O)c1c(-c2ccc(OC)c(OC)c2)csc1NC(=O)COC(=O)c1ccccc1F. The molecular weight excluding hydrogens is 465 g/mol. The molecule has 0 aliphatic heterocycles. The molecule has 0 spiro atoms. The first-order valence-electron chi connectivity index (χ1n) is 10.1. The number of carbonyl (C=O) groups excluding carboxylic acids is 3. The fourth-order valence-electron chi connectivity index (χ4n) is 3.07. The van der Waals surface area contributed by atoms with Crippen LogP contribution < -0.4 is 14.8 Å². The molecular formula is C24H22FNO7S. The van der Waals surface area contributed by atoms with Crippen LogP contribution in [-0.4, -0.2) is 45.3 Å². The van der Waals surface area contributed by atoms with E-state index >= 15 is 0 Å². The molecule has 34 heavy (non-hydrogen) atoms. The number of esters is 2. The standard InChI is InChI=1S/C24H22FNO7S/c1-4-32-24(29)21-16(14-9-10-18(30-2)19(11-14)31-3)13-34-22(21)26-20(27)12-33-23(28)15-7-5-6-8-17(15)25/h5-11,13H,4,12H2,1-3H3,(H,26,27). The average molecular weight is 488 g/mol. The van der Waals surface area contributed by atoms with Crippen molar-refractivity contribution in [2.75, 3.05) is 32.8 Å². The van der Waals surface area contributed by atoms with Crippen molar-refractivity contribution in [1.82, 2.24) is 0 Å². The Labute approximate surface area is 199 Å². The van der Waals surface area contributed by atoms with Gasteiger partial charge in [-0.15, -0.1) is 11.3 Å². The van der Waals surface area contributed by atoms with Crippen molar-refractivity contribution >= 4 is 34.2 Å². The molecule has 0 radical (unpaired) electrons. The quantitative estimate of drug-likeness (QED) is 0.442. The second-order valence-electron chi connectivity index (χ2n) is 6.75. The van der Waals surface area contributed by atoms with Crippen LogP contribution >= 0.6 is 11.3 Å². The first kappa shape index (κ1) is 24.7. The molecule has 3 rings (SSSR count). The highest BCUT2D eigenvalue weighted by molar-refractivity contribution is 7.15. The number of halogens is 1. The van der Waals surface area contributed by atoms with Crippen LogP contribution in [0.4, 0.5) is 9.39 Å². The van der Waals surface area contributed by atoms with Crippen LogP contribution in [0, 0.1) is 5.82 Å². The molecule has 178 valence electrons. The first-order chi connectivity index (χ1) is 16.4. The van der Waals surface area contributed by atoms with Crippen LogP contribution in [0.1, 0.15) is 27.6 Å². The van der Waals surface area contributed by atoms with E-state index in [1.54, 1.807) is 30.5 Å². The Morgan fingerprint density at radius 3 is 2.38 bits per heavy atom. The van der Waals surface area contributed by atoms with Crippen molar-refractivity contribution in [2.45, 2.75) is 6.92 Å². The maximum atomic E-state index is 13.7. The van der Waals surface area contributed by atoms with Crippen LogP contribution in [0.3, 0.4) is 0 Å². The van der Waals surface area contributed by atoms with Crippen molar-refractivity contribution in [3.8, 4) is 22.6 Å². The van der Waals surface area contributed by atoms with Crippen molar-refractivity contribution in [3.63, 3.8) is 0 Å². The third-order valence-corrected chi connectivity index (χ3v) is 5.54. The van der Waals surface area contributed by atoms with Gasteiger partial charge in [0.05, 0.1) is 26.4 Å². The van der Waals surface area contributed by atoms with Crippen LogP contribution in [-0.2, 0) is 14.3 Å². The summed E-state index contributed by atoms with van der Waals surface area (Å²) in [6, 6.07) is 10.4. The molecule has 0 aliphatic rings. The number of hydrogen-bond donors (Lipinski definition) is 1. The Balaban J connectivity index is 1.82. The molecule has 0 unspecified atom stereocenters. The Kier molecular flexibility index (Phi) is 8.20. The van der Waals surface area contributed by atoms with E-state index in [2.05, 4.69) is 5.32 Å². The number of benzene rings is 2. The van der Waals surface area contributed by atoms with Gasteiger partial charge >= 0.3 is 11.9 Å². The number of nitrogens with one attached hydrogen (secondary N) is 1. The molecule has 10 heteroatoms. The van der Waals surface area contributed by atoms with Crippen LogP contribution in [0.25, 0.3) is 11.1 Å². The zero-order chi connectivity index (χ0) is 24.7. The van der Waals surface area contributed by atoms with Gasteiger partial charge < -0.3 is 24.3 Å². The van der Waals surface area contributed by atoms with Gasteiger partial charge in [-0.1, -0.05) is 18.2 Å². The maximum Gasteiger partial charge on any atom is 0.341 e. The van der Waals surface area contributed by atoms with Crippen molar-refractivity contribution in [2.24, 2.45) is 0 Å². The van der Waals surface area contributed by atoms with E-state index in [4.69, 9.17) is 18.9 Å². The van der Waals surface area contributed by atoms with E-state index in [1.807, 2.05) is 0 Å². The summed E-state index contributed by atoms with van der Waals surface area (Å²) >= 11 is 1.10. The van der Waals surface area contributed by atoms with Gasteiger partial charge in [0, 0.05) is 10.9 Å². The highest BCUT2D eigenvalue weighted by Crippen LogP contribution is 2.39. The smallest absolute Gasteiger partial charge is 0.341 e. The van der Waals surface area contributed by atoms with Crippen LogP contribution in [0.5, 0.6) is 11.5 Å². The van der Waals surface area contributed by atoms with Gasteiger partial charge in [-0.05, 0) is 36.8 Å². The molecule has 0 bridgehead atoms. The van der Waals surface area contributed by atoms with Gasteiger partial charge in [0.2, 0.25) is 0 Å². The third kappa shape index (κ3) is 5.52. The molecule has 8 nitrogen and oxygen atoms in total. The molecule has 1 N–H and O–H groups in total. The Morgan fingerprint density at radius 2 is 1.71 bits per heavy atom. The summed E-state index contributed by atoms with van der Waals surface area (Å²) in [7, 11) is 3.01. The van der Waals surface area contributed by atoms with Gasteiger partial charge in [-0.3, -0.25) is 4.79 Å². The molecule has 0 atom stereocenters. The first-order valence-corrected chi connectivity index (χ1v) is 11.0. The minimum Gasteiger partial charge on any atom is -0.493 e. The van der Waals surface area contributed by atoms with Gasteiger partial charge in [-0.25, -0.2) is 14.0 Å². The molecule has 1 aromatic heterocycles. The topological polar surface area (TPSA) is 100 Å². The van der Waals surface area contributed by atoms with E-state index < -0.39 is 30.3 Å². The molecule has 1 amide bonds. The molecule has 0 aliphatic carbocycles. The predicted octanol–water partition coefficient (Wildman–Crippen LogP) is 4.54. The maximum absolute atomic E-state index is 13.7. The summed E-state index contributed by atoms with van der Waals surface area (Å²) in [5, 5.41) is 4.47. The minimum atomic E-state index is -0.976. The number of hydrogen-bond acceptors (Lipinski definition) is 8. The van der Waals surface area contributed by atoms with Crippen molar-refractivity contribution in [3.05, 3.63) is 64.8 Å². The summed E-state index contributed by atoms with van der Waals surface area (Å²) in [6.45, 7) is 1.13. The predicted molar refractivity (Wildman–Crippen MR) is 124 cm³/mol. The second kappa shape index (κ2) is 11.3. The highest BCUT2D eigenvalue weighted by atomic mass is 32.1. The zero-order valence-electron chi connectivity index (χ0n) is 18.7. The van der Waals surface area contributed by atoms with Crippen molar-refractivity contribution < 1.29 is 37.7 Å². The lowest BCUT2D eigenvalue weighted by Gasteiger charge is -2.11. The summed E-state index contributed by atoms with van der Waals surface area (Å²) < 4.78 is 34.4. The van der Waals surface area contributed by atoms with E-state index in [0.717, 1.165) is 17.4 Å². The largest absolute Gasteiger partial charge is 0.493 e. The van der Waals surface area contributed by atoms with Crippen LogP contribution in [0.2, 0.25) is 0 Å². The molecule has 0 saturated heterocycles. The fourth-order valence-corrected chi connectivity index (χ4v) is 4.04. The summed E-state index contributed by atoms with van der Waals surface area (Å²) in [5.41, 5.74) is 1.02. The van der Waals surface area contributed by atoms with Crippen molar-refractivity contribution in [1.29, 1.82) is 0 Å². The molecule has 0 saturated carbocycles. The summed E-state index contributed by atoms with van der Waals surface area (Å²) in [5.74, 6) is -2.08. The molecule has 2 aromatic carbocycles. The average Bonchev–Trinajstić information content (AvgIpc) is 3.26. The molecule has 1 heterocycles. The number of ether oxygens (including phenoxy) is 4.